The number of rotatable bonds is 5. The summed E-state index contributed by atoms with van der Waals surface area (Å²) >= 11 is 12.0. The first-order valence-corrected chi connectivity index (χ1v) is 9.78. The molecule has 0 saturated carbocycles. The van der Waals surface area contributed by atoms with Crippen LogP contribution in [-0.4, -0.2) is 29.3 Å². The average Bonchev–Trinajstić information content (AvgIpc) is 3.15. The Hall–Kier alpha value is -3.17. The van der Waals surface area contributed by atoms with Gasteiger partial charge in [-0.2, -0.15) is 10.1 Å². The molecule has 1 unspecified atom stereocenters. The highest BCUT2D eigenvalue weighted by Crippen LogP contribution is 2.30. The molecule has 0 amide bonds. The normalized spacial score (nSPS) is 12.2. The molecule has 154 valence electrons. The lowest BCUT2D eigenvalue weighted by molar-refractivity contribution is 0.715. The second-order valence-corrected chi connectivity index (χ2v) is 7.54. The van der Waals surface area contributed by atoms with Gasteiger partial charge in [0.05, 0.1) is 17.8 Å². The molecule has 0 spiro atoms. The molecule has 0 fully saturated rings. The fourth-order valence-corrected chi connectivity index (χ4v) is 3.35. The molecular formula is C19H18Cl2N8O. The van der Waals surface area contributed by atoms with Gasteiger partial charge in [-0.05, 0) is 36.7 Å². The summed E-state index contributed by atoms with van der Waals surface area (Å²) in [6.45, 7) is 1.93. The molecular weight excluding hydrogens is 427 g/mol. The van der Waals surface area contributed by atoms with Gasteiger partial charge in [-0.3, -0.25) is 9.48 Å². The van der Waals surface area contributed by atoms with Crippen LogP contribution >= 0.6 is 23.2 Å². The lowest BCUT2D eigenvalue weighted by Crippen LogP contribution is -2.19. The predicted molar refractivity (Wildman–Crippen MR) is 118 cm³/mol. The van der Waals surface area contributed by atoms with Crippen molar-refractivity contribution < 1.29 is 0 Å². The molecule has 0 bridgehead atoms. The maximum absolute atomic E-state index is 12.5. The van der Waals surface area contributed by atoms with Gasteiger partial charge in [0.2, 0.25) is 5.28 Å². The molecule has 0 saturated heterocycles. The van der Waals surface area contributed by atoms with Crippen molar-refractivity contribution in [2.45, 2.75) is 13.0 Å². The first-order chi connectivity index (χ1) is 14.3. The van der Waals surface area contributed by atoms with Gasteiger partial charge in [0.25, 0.3) is 5.56 Å². The average molecular weight is 445 g/mol. The van der Waals surface area contributed by atoms with Crippen LogP contribution in [-0.2, 0) is 14.1 Å². The summed E-state index contributed by atoms with van der Waals surface area (Å²) in [4.78, 5) is 24.7. The van der Waals surface area contributed by atoms with Gasteiger partial charge in [0, 0.05) is 36.9 Å². The van der Waals surface area contributed by atoms with Crippen molar-refractivity contribution in [2.24, 2.45) is 14.1 Å². The van der Waals surface area contributed by atoms with Crippen LogP contribution in [0.3, 0.4) is 0 Å². The molecule has 0 radical (unpaired) electrons. The lowest BCUT2D eigenvalue weighted by Gasteiger charge is -2.17. The number of aryl methyl sites for hydroxylation is 2. The summed E-state index contributed by atoms with van der Waals surface area (Å²) in [5.41, 5.74) is 2.04. The van der Waals surface area contributed by atoms with Gasteiger partial charge >= 0.3 is 0 Å². The third-order valence-electron chi connectivity index (χ3n) is 4.60. The van der Waals surface area contributed by atoms with E-state index in [0.717, 1.165) is 16.6 Å². The van der Waals surface area contributed by atoms with Crippen LogP contribution in [0.4, 0.5) is 17.2 Å². The Labute approximate surface area is 181 Å². The summed E-state index contributed by atoms with van der Waals surface area (Å²) in [5, 5.41) is 12.1. The van der Waals surface area contributed by atoms with Crippen molar-refractivity contribution in [1.82, 2.24) is 29.3 Å². The lowest BCUT2D eigenvalue weighted by atomic mass is 10.1. The fraction of sp³-hybridized carbons (Fsp3) is 0.211. The van der Waals surface area contributed by atoms with E-state index in [1.807, 2.05) is 25.1 Å². The molecule has 0 aliphatic carbocycles. The van der Waals surface area contributed by atoms with Gasteiger partial charge in [0.15, 0.2) is 11.6 Å². The van der Waals surface area contributed by atoms with E-state index in [1.165, 1.54) is 6.20 Å². The Balaban J connectivity index is 1.75. The molecule has 3 heterocycles. The number of anilines is 3. The zero-order valence-electron chi connectivity index (χ0n) is 16.4. The molecule has 4 rings (SSSR count). The zero-order chi connectivity index (χ0) is 21.4. The van der Waals surface area contributed by atoms with Crippen molar-refractivity contribution in [3.8, 4) is 0 Å². The summed E-state index contributed by atoms with van der Waals surface area (Å²) in [5.74, 6) is 1.02. The highest BCUT2D eigenvalue weighted by Gasteiger charge is 2.14. The molecule has 11 heteroatoms. The van der Waals surface area contributed by atoms with E-state index in [9.17, 15) is 4.79 Å². The maximum atomic E-state index is 12.5. The number of hydrogen-bond donors (Lipinski definition) is 2. The van der Waals surface area contributed by atoms with E-state index < -0.39 is 0 Å². The second-order valence-electron chi connectivity index (χ2n) is 6.79. The highest BCUT2D eigenvalue weighted by molar-refractivity contribution is 6.33. The van der Waals surface area contributed by atoms with Crippen LogP contribution in [0, 0.1) is 0 Å². The van der Waals surface area contributed by atoms with Gasteiger partial charge in [-0.1, -0.05) is 11.6 Å². The SMILES string of the molecule is CC(Nc1cc(=O)n(C)c2ccc(Nc3nc(Cl)ncc3Cl)cc12)c1ncn(C)n1. The predicted octanol–water partition coefficient (Wildman–Crippen LogP) is 3.68. The van der Waals surface area contributed by atoms with E-state index in [0.29, 0.717) is 22.4 Å². The summed E-state index contributed by atoms with van der Waals surface area (Å²) in [6, 6.07) is 6.95. The van der Waals surface area contributed by atoms with Crippen molar-refractivity contribution in [2.75, 3.05) is 10.6 Å². The topological polar surface area (TPSA) is 103 Å². The van der Waals surface area contributed by atoms with Crippen LogP contribution in [0.15, 0.2) is 41.6 Å². The van der Waals surface area contributed by atoms with Crippen molar-refractivity contribution in [1.29, 1.82) is 0 Å². The zero-order valence-corrected chi connectivity index (χ0v) is 17.9. The maximum Gasteiger partial charge on any atom is 0.252 e. The molecule has 1 aromatic carbocycles. The highest BCUT2D eigenvalue weighted by atomic mass is 35.5. The minimum absolute atomic E-state index is 0.0872. The number of benzene rings is 1. The van der Waals surface area contributed by atoms with Crippen LogP contribution in [0.5, 0.6) is 0 Å². The first-order valence-electron chi connectivity index (χ1n) is 9.03. The minimum Gasteiger partial charge on any atom is -0.375 e. The van der Waals surface area contributed by atoms with E-state index in [2.05, 4.69) is 30.7 Å². The molecule has 2 N–H and O–H groups in total. The largest absolute Gasteiger partial charge is 0.375 e. The Bertz CT molecular complexity index is 1300. The van der Waals surface area contributed by atoms with Crippen molar-refractivity contribution >= 4 is 51.3 Å². The number of halogens is 2. The molecule has 9 nitrogen and oxygen atoms in total. The standard InChI is InChI=1S/C19H18Cl2N8O/c1-10(17-23-9-28(2)27-17)24-14-7-16(30)29(3)15-5-4-11(6-12(14)15)25-18-13(20)8-22-19(21)26-18/h4-10,24H,1-3H3,(H,22,25,26). The van der Waals surface area contributed by atoms with Gasteiger partial charge < -0.3 is 15.2 Å². The Morgan fingerprint density at radius 3 is 2.67 bits per heavy atom. The van der Waals surface area contributed by atoms with Crippen LogP contribution in [0.25, 0.3) is 10.9 Å². The third-order valence-corrected chi connectivity index (χ3v) is 5.06. The number of nitrogens with one attached hydrogen (secondary N) is 2. The Kier molecular flexibility index (Phi) is 5.31. The summed E-state index contributed by atoms with van der Waals surface area (Å²) in [7, 11) is 3.53. The van der Waals surface area contributed by atoms with Crippen molar-refractivity contribution in [3.63, 3.8) is 0 Å². The first kappa shape index (κ1) is 20.1. The van der Waals surface area contributed by atoms with E-state index in [1.54, 1.807) is 35.7 Å². The molecule has 1 atom stereocenters. The van der Waals surface area contributed by atoms with E-state index >= 15 is 0 Å². The molecule has 0 aliphatic heterocycles. The fourth-order valence-electron chi connectivity index (χ4n) is 3.08. The number of hydrogen-bond acceptors (Lipinski definition) is 7. The monoisotopic (exact) mass is 444 g/mol. The molecule has 0 aliphatic rings. The second kappa shape index (κ2) is 7.92. The quantitative estimate of drug-likeness (QED) is 0.452. The number of pyridine rings is 1. The summed E-state index contributed by atoms with van der Waals surface area (Å²) < 4.78 is 3.22. The number of fused-ring (bicyclic) bond motifs is 1. The summed E-state index contributed by atoms with van der Waals surface area (Å²) in [6.07, 6.45) is 3.06. The van der Waals surface area contributed by atoms with Gasteiger partial charge in [-0.15, -0.1) is 0 Å². The van der Waals surface area contributed by atoms with Crippen LogP contribution < -0.4 is 16.2 Å². The van der Waals surface area contributed by atoms with E-state index in [4.69, 9.17) is 23.2 Å². The van der Waals surface area contributed by atoms with E-state index in [-0.39, 0.29) is 16.9 Å². The smallest absolute Gasteiger partial charge is 0.252 e. The van der Waals surface area contributed by atoms with Crippen LogP contribution in [0.1, 0.15) is 18.8 Å². The van der Waals surface area contributed by atoms with Crippen molar-refractivity contribution in [3.05, 3.63) is 63.3 Å². The minimum atomic E-state index is -0.201. The van der Waals surface area contributed by atoms with Crippen LogP contribution in [0.2, 0.25) is 10.3 Å². The molecule has 4 aromatic rings. The third kappa shape index (κ3) is 3.94. The van der Waals surface area contributed by atoms with Gasteiger partial charge in [-0.25, -0.2) is 9.97 Å². The van der Waals surface area contributed by atoms with Gasteiger partial charge in [0.1, 0.15) is 11.3 Å². The Morgan fingerprint density at radius 2 is 1.93 bits per heavy atom. The number of nitrogens with zero attached hydrogens (tertiary/aromatic N) is 6. The molecule has 3 aromatic heterocycles. The molecule has 30 heavy (non-hydrogen) atoms. The Morgan fingerprint density at radius 1 is 1.13 bits per heavy atom. The number of aromatic nitrogens is 6.